The summed E-state index contributed by atoms with van der Waals surface area (Å²) in [6, 6.07) is 4.43. The predicted molar refractivity (Wildman–Crippen MR) is 69.0 cm³/mol. The van der Waals surface area contributed by atoms with Crippen LogP contribution in [0.25, 0.3) is 0 Å². The third-order valence-corrected chi connectivity index (χ3v) is 2.74. The van der Waals surface area contributed by atoms with Crippen molar-refractivity contribution in [2.24, 2.45) is 0 Å². The van der Waals surface area contributed by atoms with Crippen LogP contribution in [0.5, 0.6) is 0 Å². The molecule has 2 N–H and O–H groups in total. The summed E-state index contributed by atoms with van der Waals surface area (Å²) in [5, 5.41) is 6.15. The van der Waals surface area contributed by atoms with E-state index in [0.717, 1.165) is 18.5 Å². The summed E-state index contributed by atoms with van der Waals surface area (Å²) in [6.45, 7) is 2.07. The third-order valence-electron chi connectivity index (χ3n) is 2.74. The molecule has 1 aromatic heterocycles. The Kier molecular flexibility index (Phi) is 3.96. The highest BCUT2D eigenvalue weighted by Gasteiger charge is 2.20. The molecule has 1 saturated carbocycles. The molecule has 2 rings (SSSR count). The van der Waals surface area contributed by atoms with Crippen molar-refractivity contribution in [2.75, 3.05) is 10.6 Å². The number of unbranched alkanes of at least 4 members (excludes halogenated alkanes) is 1. The van der Waals surface area contributed by atoms with Crippen molar-refractivity contribution in [1.82, 2.24) is 4.98 Å². The van der Waals surface area contributed by atoms with Gasteiger partial charge in [-0.1, -0.05) is 13.3 Å². The molecule has 1 heterocycles. The second-order valence-corrected chi connectivity index (χ2v) is 4.50. The smallest absolute Gasteiger partial charge is 0.225 e. The Morgan fingerprint density at radius 1 is 1.47 bits per heavy atom. The van der Waals surface area contributed by atoms with Gasteiger partial charge < -0.3 is 10.6 Å². The molecule has 92 valence electrons. The Morgan fingerprint density at radius 2 is 2.29 bits per heavy atom. The first kappa shape index (κ1) is 11.9. The first-order valence-electron chi connectivity index (χ1n) is 6.30. The number of pyridine rings is 1. The van der Waals surface area contributed by atoms with Gasteiger partial charge in [0.1, 0.15) is 5.82 Å². The fourth-order valence-corrected chi connectivity index (χ4v) is 1.56. The summed E-state index contributed by atoms with van der Waals surface area (Å²) >= 11 is 0. The molecule has 17 heavy (non-hydrogen) atoms. The predicted octanol–water partition coefficient (Wildman–Crippen LogP) is 2.78. The minimum absolute atomic E-state index is 0.0438. The highest BCUT2D eigenvalue weighted by Crippen LogP contribution is 2.24. The fraction of sp³-hybridized carbons (Fsp3) is 0.538. The number of nitrogens with zero attached hydrogens (tertiary/aromatic N) is 1. The molecular weight excluding hydrogens is 214 g/mol. The number of rotatable bonds is 6. The van der Waals surface area contributed by atoms with E-state index in [-0.39, 0.29) is 5.91 Å². The largest absolute Gasteiger partial charge is 0.381 e. The number of hydrogen-bond donors (Lipinski definition) is 2. The van der Waals surface area contributed by atoms with Crippen LogP contribution in [0.15, 0.2) is 18.3 Å². The molecule has 1 aromatic rings. The van der Waals surface area contributed by atoms with E-state index in [2.05, 4.69) is 22.5 Å². The van der Waals surface area contributed by atoms with Crippen LogP contribution >= 0.6 is 0 Å². The molecule has 1 aliphatic carbocycles. The number of anilines is 2. The Balaban J connectivity index is 1.82. The van der Waals surface area contributed by atoms with E-state index < -0.39 is 0 Å². The van der Waals surface area contributed by atoms with Gasteiger partial charge in [-0.3, -0.25) is 4.79 Å². The molecule has 0 aliphatic heterocycles. The molecule has 0 radical (unpaired) electrons. The molecule has 0 aromatic carbocycles. The van der Waals surface area contributed by atoms with E-state index in [4.69, 9.17) is 0 Å². The lowest BCUT2D eigenvalue weighted by Gasteiger charge is -2.06. The van der Waals surface area contributed by atoms with Gasteiger partial charge in [0.2, 0.25) is 5.91 Å². The molecular formula is C13H19N3O. The van der Waals surface area contributed by atoms with E-state index in [1.54, 1.807) is 6.20 Å². The van der Waals surface area contributed by atoms with Crippen molar-refractivity contribution in [3.8, 4) is 0 Å². The molecule has 1 fully saturated rings. The van der Waals surface area contributed by atoms with E-state index in [9.17, 15) is 4.79 Å². The summed E-state index contributed by atoms with van der Waals surface area (Å²) in [5.41, 5.74) is 1.03. The topological polar surface area (TPSA) is 54.0 Å². The molecule has 0 unspecified atom stereocenters. The number of hydrogen-bond acceptors (Lipinski definition) is 3. The van der Waals surface area contributed by atoms with Crippen LogP contribution in [0.2, 0.25) is 0 Å². The van der Waals surface area contributed by atoms with Gasteiger partial charge in [0.05, 0.1) is 11.9 Å². The number of nitrogens with one attached hydrogen (secondary N) is 2. The summed E-state index contributed by atoms with van der Waals surface area (Å²) < 4.78 is 0. The molecule has 1 aliphatic rings. The Labute approximate surface area is 102 Å². The number of carbonyl (C=O) groups is 1. The lowest BCUT2D eigenvalue weighted by molar-refractivity contribution is -0.116. The van der Waals surface area contributed by atoms with Crippen molar-refractivity contribution in [1.29, 1.82) is 0 Å². The zero-order valence-corrected chi connectivity index (χ0v) is 10.2. The standard InChI is InChI=1S/C13H19N3O/c1-2-3-4-13(17)16-12-8-7-11(9-14-12)15-10-5-6-10/h7-10,15H,2-6H2,1H3,(H,14,16,17). The van der Waals surface area contributed by atoms with E-state index in [0.29, 0.717) is 18.3 Å². The van der Waals surface area contributed by atoms with Gasteiger partial charge in [0.15, 0.2) is 0 Å². The first-order valence-corrected chi connectivity index (χ1v) is 6.30. The molecule has 4 heteroatoms. The van der Waals surface area contributed by atoms with E-state index >= 15 is 0 Å². The van der Waals surface area contributed by atoms with Gasteiger partial charge in [0.25, 0.3) is 0 Å². The minimum Gasteiger partial charge on any atom is -0.381 e. The van der Waals surface area contributed by atoms with Crippen LogP contribution in [0.3, 0.4) is 0 Å². The maximum atomic E-state index is 11.5. The zero-order valence-electron chi connectivity index (χ0n) is 10.2. The first-order chi connectivity index (χ1) is 8.28. The Bertz CT molecular complexity index is 371. The molecule has 0 spiro atoms. The van der Waals surface area contributed by atoms with Crippen LogP contribution in [0.1, 0.15) is 39.0 Å². The maximum absolute atomic E-state index is 11.5. The van der Waals surface area contributed by atoms with Gasteiger partial charge >= 0.3 is 0 Å². The van der Waals surface area contributed by atoms with Crippen molar-refractivity contribution in [3.63, 3.8) is 0 Å². The van der Waals surface area contributed by atoms with Crippen LogP contribution in [0, 0.1) is 0 Å². The quantitative estimate of drug-likeness (QED) is 0.794. The normalized spacial score (nSPS) is 14.4. The fourth-order valence-electron chi connectivity index (χ4n) is 1.56. The summed E-state index contributed by atoms with van der Waals surface area (Å²) in [6.07, 6.45) is 6.79. The van der Waals surface area contributed by atoms with E-state index in [1.807, 2.05) is 12.1 Å². The number of amides is 1. The SMILES string of the molecule is CCCCC(=O)Nc1ccc(NC2CC2)cn1. The number of carbonyl (C=O) groups excluding carboxylic acids is 1. The zero-order chi connectivity index (χ0) is 12.1. The molecule has 0 saturated heterocycles. The van der Waals surface area contributed by atoms with Crippen molar-refractivity contribution >= 4 is 17.4 Å². The lowest BCUT2D eigenvalue weighted by atomic mass is 10.2. The van der Waals surface area contributed by atoms with Crippen molar-refractivity contribution in [3.05, 3.63) is 18.3 Å². The van der Waals surface area contributed by atoms with Crippen LogP contribution in [0.4, 0.5) is 11.5 Å². The minimum atomic E-state index is 0.0438. The highest BCUT2D eigenvalue weighted by molar-refractivity contribution is 5.89. The van der Waals surface area contributed by atoms with Gasteiger partial charge in [0, 0.05) is 12.5 Å². The summed E-state index contributed by atoms with van der Waals surface area (Å²) in [4.78, 5) is 15.7. The average molecular weight is 233 g/mol. The van der Waals surface area contributed by atoms with Crippen molar-refractivity contribution < 1.29 is 4.79 Å². The van der Waals surface area contributed by atoms with Crippen LogP contribution in [-0.4, -0.2) is 16.9 Å². The highest BCUT2D eigenvalue weighted by atomic mass is 16.1. The van der Waals surface area contributed by atoms with Gasteiger partial charge in [-0.05, 0) is 31.4 Å². The second-order valence-electron chi connectivity index (χ2n) is 4.50. The third kappa shape index (κ3) is 4.06. The molecule has 0 atom stereocenters. The van der Waals surface area contributed by atoms with E-state index in [1.165, 1.54) is 12.8 Å². The van der Waals surface area contributed by atoms with Gasteiger partial charge in [-0.2, -0.15) is 0 Å². The van der Waals surface area contributed by atoms with Gasteiger partial charge in [-0.25, -0.2) is 4.98 Å². The number of aromatic nitrogens is 1. The maximum Gasteiger partial charge on any atom is 0.225 e. The average Bonchev–Trinajstić information content (AvgIpc) is 3.13. The Hall–Kier alpha value is -1.58. The van der Waals surface area contributed by atoms with Crippen LogP contribution < -0.4 is 10.6 Å². The molecule has 0 bridgehead atoms. The molecule has 1 amide bonds. The molecule has 4 nitrogen and oxygen atoms in total. The Morgan fingerprint density at radius 3 is 2.88 bits per heavy atom. The summed E-state index contributed by atoms with van der Waals surface area (Å²) in [7, 11) is 0. The van der Waals surface area contributed by atoms with Crippen LogP contribution in [-0.2, 0) is 4.79 Å². The van der Waals surface area contributed by atoms with Crippen molar-refractivity contribution in [2.45, 2.75) is 45.1 Å². The lowest BCUT2D eigenvalue weighted by Crippen LogP contribution is -2.12. The summed E-state index contributed by atoms with van der Waals surface area (Å²) in [5.74, 6) is 0.676. The van der Waals surface area contributed by atoms with Gasteiger partial charge in [-0.15, -0.1) is 0 Å². The second kappa shape index (κ2) is 5.66. The monoisotopic (exact) mass is 233 g/mol.